The fourth-order valence-corrected chi connectivity index (χ4v) is 1.11. The van der Waals surface area contributed by atoms with E-state index in [9.17, 15) is 18.0 Å². The van der Waals surface area contributed by atoms with Gasteiger partial charge in [-0.15, -0.1) is 0 Å². The average molecular weight is 253 g/mol. The Morgan fingerprint density at radius 1 is 1.15 bits per heavy atom. The lowest BCUT2D eigenvalue weighted by Crippen LogP contribution is -2.05. The van der Waals surface area contributed by atoms with Crippen LogP contribution in [-0.2, 0) is 0 Å². The molecule has 0 saturated heterocycles. The van der Waals surface area contributed by atoms with E-state index in [1.165, 1.54) is 0 Å². The van der Waals surface area contributed by atoms with Gasteiger partial charge in [0.1, 0.15) is 5.82 Å². The van der Waals surface area contributed by atoms with Crippen LogP contribution in [0.15, 0.2) is 12.1 Å². The minimum atomic E-state index is -1.30. The van der Waals surface area contributed by atoms with E-state index in [4.69, 9.17) is 0 Å². The molecule has 13 heavy (non-hydrogen) atoms. The second kappa shape index (κ2) is 3.91. The van der Waals surface area contributed by atoms with Gasteiger partial charge in [0.2, 0.25) is 0 Å². The summed E-state index contributed by atoms with van der Waals surface area (Å²) in [6.45, 7) is 0. The van der Waals surface area contributed by atoms with E-state index >= 15 is 0 Å². The van der Waals surface area contributed by atoms with Crippen LogP contribution < -0.4 is 0 Å². The number of carbonyl (C=O) groups is 1. The maximum absolute atomic E-state index is 12.8. The summed E-state index contributed by atoms with van der Waals surface area (Å²) < 4.78 is 37.8. The SMILES string of the molecule is O=C(CBr)c1cc(F)c(F)cc1F. The van der Waals surface area contributed by atoms with E-state index in [0.29, 0.717) is 12.1 Å². The van der Waals surface area contributed by atoms with Crippen LogP contribution >= 0.6 is 15.9 Å². The summed E-state index contributed by atoms with van der Waals surface area (Å²) in [6, 6.07) is 0.902. The molecule has 0 aliphatic heterocycles. The Morgan fingerprint density at radius 3 is 2.23 bits per heavy atom. The lowest BCUT2D eigenvalue weighted by atomic mass is 10.1. The molecule has 0 radical (unpaired) electrons. The van der Waals surface area contributed by atoms with Gasteiger partial charge in [0, 0.05) is 6.07 Å². The molecule has 0 atom stereocenters. The fraction of sp³-hybridized carbons (Fsp3) is 0.125. The molecule has 0 N–H and O–H groups in total. The molecule has 0 aliphatic carbocycles. The average Bonchev–Trinajstić information content (AvgIpc) is 2.10. The first kappa shape index (κ1) is 10.2. The monoisotopic (exact) mass is 252 g/mol. The zero-order chi connectivity index (χ0) is 10.0. The predicted molar refractivity (Wildman–Crippen MR) is 44.4 cm³/mol. The second-order valence-corrected chi connectivity index (χ2v) is 2.86. The van der Waals surface area contributed by atoms with E-state index in [1.807, 2.05) is 0 Å². The van der Waals surface area contributed by atoms with E-state index in [-0.39, 0.29) is 5.33 Å². The zero-order valence-electron chi connectivity index (χ0n) is 6.28. The summed E-state index contributed by atoms with van der Waals surface area (Å²) in [7, 11) is 0. The summed E-state index contributed by atoms with van der Waals surface area (Å²) in [5.41, 5.74) is -0.448. The number of carbonyl (C=O) groups excluding carboxylic acids is 1. The zero-order valence-corrected chi connectivity index (χ0v) is 7.87. The Labute approximate surface area is 80.7 Å². The van der Waals surface area contributed by atoms with Crippen LogP contribution in [0.5, 0.6) is 0 Å². The summed E-state index contributed by atoms with van der Waals surface area (Å²) in [5, 5.41) is -0.130. The molecule has 70 valence electrons. The van der Waals surface area contributed by atoms with Crippen LogP contribution in [0, 0.1) is 17.5 Å². The van der Waals surface area contributed by atoms with Crippen molar-refractivity contribution in [3.8, 4) is 0 Å². The predicted octanol–water partition coefficient (Wildman–Crippen LogP) is 2.68. The van der Waals surface area contributed by atoms with Crippen LogP contribution in [-0.4, -0.2) is 11.1 Å². The molecular weight excluding hydrogens is 249 g/mol. The lowest BCUT2D eigenvalue weighted by Gasteiger charge is -2.00. The molecule has 0 bridgehead atoms. The number of ketones is 1. The Balaban J connectivity index is 3.23. The third-order valence-corrected chi connectivity index (χ3v) is 1.94. The maximum Gasteiger partial charge on any atom is 0.176 e. The van der Waals surface area contributed by atoms with Crippen LogP contribution in [0.1, 0.15) is 10.4 Å². The molecule has 0 aromatic heterocycles. The number of rotatable bonds is 2. The third kappa shape index (κ3) is 2.09. The van der Waals surface area contributed by atoms with Crippen molar-refractivity contribution in [1.29, 1.82) is 0 Å². The van der Waals surface area contributed by atoms with E-state index in [1.54, 1.807) is 0 Å². The maximum atomic E-state index is 12.8. The van der Waals surface area contributed by atoms with Crippen molar-refractivity contribution >= 4 is 21.7 Å². The number of hydrogen-bond donors (Lipinski definition) is 0. The van der Waals surface area contributed by atoms with Gasteiger partial charge in [0.25, 0.3) is 0 Å². The molecule has 0 amide bonds. The van der Waals surface area contributed by atoms with Gasteiger partial charge in [-0.3, -0.25) is 4.79 Å². The number of hydrogen-bond acceptors (Lipinski definition) is 1. The normalized spacial score (nSPS) is 10.2. The van der Waals surface area contributed by atoms with Gasteiger partial charge < -0.3 is 0 Å². The fourth-order valence-electron chi connectivity index (χ4n) is 0.808. The number of alkyl halides is 1. The van der Waals surface area contributed by atoms with Crippen molar-refractivity contribution in [1.82, 2.24) is 0 Å². The van der Waals surface area contributed by atoms with Gasteiger partial charge in [-0.1, -0.05) is 15.9 Å². The van der Waals surface area contributed by atoms with Gasteiger partial charge in [0.15, 0.2) is 17.4 Å². The first-order valence-corrected chi connectivity index (χ1v) is 4.42. The lowest BCUT2D eigenvalue weighted by molar-refractivity contribution is 0.101. The largest absolute Gasteiger partial charge is 0.293 e. The van der Waals surface area contributed by atoms with Gasteiger partial charge >= 0.3 is 0 Å². The van der Waals surface area contributed by atoms with Crippen molar-refractivity contribution in [3.63, 3.8) is 0 Å². The third-order valence-electron chi connectivity index (χ3n) is 1.43. The quantitative estimate of drug-likeness (QED) is 0.450. The highest BCUT2D eigenvalue weighted by Crippen LogP contribution is 2.14. The van der Waals surface area contributed by atoms with Gasteiger partial charge in [-0.2, -0.15) is 0 Å². The van der Waals surface area contributed by atoms with Crippen LogP contribution in [0.25, 0.3) is 0 Å². The highest BCUT2D eigenvalue weighted by molar-refractivity contribution is 9.09. The van der Waals surface area contributed by atoms with Crippen molar-refractivity contribution in [2.24, 2.45) is 0 Å². The number of Topliss-reactive ketones (excluding diaryl/α,β-unsaturated/α-hetero) is 1. The molecule has 1 rings (SSSR count). The van der Waals surface area contributed by atoms with E-state index in [0.717, 1.165) is 0 Å². The van der Waals surface area contributed by atoms with Crippen molar-refractivity contribution in [2.75, 3.05) is 5.33 Å². The summed E-state index contributed by atoms with van der Waals surface area (Å²) in [5.74, 6) is -4.21. The highest BCUT2D eigenvalue weighted by Gasteiger charge is 2.14. The summed E-state index contributed by atoms with van der Waals surface area (Å²) >= 11 is 2.80. The molecule has 1 aromatic carbocycles. The molecule has 0 unspecified atom stereocenters. The molecule has 0 aliphatic rings. The van der Waals surface area contributed by atoms with Gasteiger partial charge in [-0.05, 0) is 6.07 Å². The van der Waals surface area contributed by atoms with E-state index < -0.39 is 28.8 Å². The molecule has 0 saturated carbocycles. The van der Waals surface area contributed by atoms with Crippen molar-refractivity contribution in [3.05, 3.63) is 35.1 Å². The molecule has 1 aromatic rings. The summed E-state index contributed by atoms with van der Waals surface area (Å²) in [6.07, 6.45) is 0. The minimum Gasteiger partial charge on any atom is -0.293 e. The van der Waals surface area contributed by atoms with E-state index in [2.05, 4.69) is 15.9 Å². The topological polar surface area (TPSA) is 17.1 Å². The number of halogens is 4. The Morgan fingerprint density at radius 2 is 1.69 bits per heavy atom. The van der Waals surface area contributed by atoms with Crippen LogP contribution in [0.4, 0.5) is 13.2 Å². The molecule has 0 spiro atoms. The van der Waals surface area contributed by atoms with Crippen LogP contribution in [0.3, 0.4) is 0 Å². The molecular formula is C8H4BrF3O. The molecule has 0 fully saturated rings. The number of benzene rings is 1. The Hall–Kier alpha value is -0.840. The molecule has 1 nitrogen and oxygen atoms in total. The molecule has 5 heteroatoms. The van der Waals surface area contributed by atoms with Crippen molar-refractivity contribution < 1.29 is 18.0 Å². The smallest absolute Gasteiger partial charge is 0.176 e. The Kier molecular flexibility index (Phi) is 3.08. The van der Waals surface area contributed by atoms with Crippen molar-refractivity contribution in [2.45, 2.75) is 0 Å². The van der Waals surface area contributed by atoms with Gasteiger partial charge in [0.05, 0.1) is 10.9 Å². The molecule has 0 heterocycles. The first-order valence-electron chi connectivity index (χ1n) is 3.30. The minimum absolute atomic E-state index is 0.130. The highest BCUT2D eigenvalue weighted by atomic mass is 79.9. The standard InChI is InChI=1S/C8H4BrF3O/c9-3-8(13)4-1-6(11)7(12)2-5(4)10/h1-2H,3H2. The van der Waals surface area contributed by atoms with Gasteiger partial charge in [-0.25, -0.2) is 13.2 Å². The first-order chi connectivity index (χ1) is 6.06. The Bertz CT molecular complexity index is 351. The second-order valence-electron chi connectivity index (χ2n) is 2.30. The summed E-state index contributed by atoms with van der Waals surface area (Å²) in [4.78, 5) is 10.9. The van der Waals surface area contributed by atoms with Crippen LogP contribution in [0.2, 0.25) is 0 Å².